The molecule has 0 spiro atoms. The van der Waals surface area contributed by atoms with Crippen LogP contribution in [0.1, 0.15) is 41.4 Å². The lowest BCUT2D eigenvalue weighted by molar-refractivity contribution is -0.0809. The number of methoxy groups -OCH3 is 1. The molecule has 1 amide bonds. The number of hydrogen-bond donors (Lipinski definition) is 1. The summed E-state index contributed by atoms with van der Waals surface area (Å²) in [5, 5.41) is 3.12. The van der Waals surface area contributed by atoms with Gasteiger partial charge in [-0.05, 0) is 19.3 Å². The number of amides is 1. The van der Waals surface area contributed by atoms with E-state index in [1.54, 1.807) is 19.5 Å². The Kier molecular flexibility index (Phi) is 3.58. The zero-order valence-electron chi connectivity index (χ0n) is 12.7. The second-order valence-electron chi connectivity index (χ2n) is 6.51. The summed E-state index contributed by atoms with van der Waals surface area (Å²) < 4.78 is 11.0. The number of ether oxygens (including phenoxy) is 2. The van der Waals surface area contributed by atoms with Gasteiger partial charge in [-0.1, -0.05) is 0 Å². The number of nitrogens with one attached hydrogen (secondary N) is 1. The molecule has 1 aliphatic heterocycles. The van der Waals surface area contributed by atoms with Gasteiger partial charge >= 0.3 is 0 Å². The van der Waals surface area contributed by atoms with Crippen molar-refractivity contribution in [1.29, 1.82) is 0 Å². The van der Waals surface area contributed by atoms with Gasteiger partial charge in [-0.15, -0.1) is 0 Å². The van der Waals surface area contributed by atoms with Gasteiger partial charge in [0.05, 0.1) is 18.3 Å². The summed E-state index contributed by atoms with van der Waals surface area (Å²) in [6, 6.07) is 0.128. The highest BCUT2D eigenvalue weighted by molar-refractivity contribution is 5.93. The third-order valence-corrected chi connectivity index (χ3v) is 5.06. The maximum atomic E-state index is 12.4. The van der Waals surface area contributed by atoms with E-state index in [9.17, 15) is 4.79 Å². The van der Waals surface area contributed by atoms with E-state index in [-0.39, 0.29) is 24.0 Å². The maximum absolute atomic E-state index is 12.4. The molecule has 2 heterocycles. The van der Waals surface area contributed by atoms with E-state index in [1.807, 2.05) is 0 Å². The molecule has 6 nitrogen and oxygen atoms in total. The zero-order chi connectivity index (χ0) is 15.1. The molecule has 2 saturated carbocycles. The normalized spacial score (nSPS) is 33.1. The Morgan fingerprint density at radius 3 is 2.82 bits per heavy atom. The summed E-state index contributed by atoms with van der Waals surface area (Å²) in [4.78, 5) is 21.0. The second-order valence-corrected chi connectivity index (χ2v) is 6.51. The Hall–Kier alpha value is -1.53. The molecule has 118 valence electrons. The van der Waals surface area contributed by atoms with E-state index < -0.39 is 0 Å². The molecule has 0 unspecified atom stereocenters. The zero-order valence-corrected chi connectivity index (χ0v) is 12.7. The van der Waals surface area contributed by atoms with Crippen LogP contribution in [-0.2, 0) is 9.47 Å². The number of nitrogens with zero attached hydrogens (tertiary/aromatic N) is 2. The topological polar surface area (TPSA) is 73.3 Å². The SMILES string of the molecule is COC[C@@H]1[C@H](NC(=O)c2cnc(C3CC3)nc2)[C@@H]2CCO[C@H]12. The minimum absolute atomic E-state index is 0.0983. The van der Waals surface area contributed by atoms with Crippen molar-refractivity contribution in [1.82, 2.24) is 15.3 Å². The lowest BCUT2D eigenvalue weighted by Crippen LogP contribution is -2.62. The highest BCUT2D eigenvalue weighted by Crippen LogP contribution is 2.43. The fourth-order valence-corrected chi connectivity index (χ4v) is 3.68. The maximum Gasteiger partial charge on any atom is 0.254 e. The van der Waals surface area contributed by atoms with Gasteiger partial charge in [-0.3, -0.25) is 4.79 Å². The van der Waals surface area contributed by atoms with Crippen molar-refractivity contribution in [2.24, 2.45) is 11.8 Å². The van der Waals surface area contributed by atoms with Crippen molar-refractivity contribution in [2.75, 3.05) is 20.3 Å². The summed E-state index contributed by atoms with van der Waals surface area (Å²) >= 11 is 0. The average Bonchev–Trinajstić information content (AvgIpc) is 3.30. The first-order chi connectivity index (χ1) is 10.8. The molecule has 0 aromatic carbocycles. The first kappa shape index (κ1) is 14.1. The van der Waals surface area contributed by atoms with Crippen molar-refractivity contribution in [2.45, 2.75) is 37.3 Å². The van der Waals surface area contributed by atoms with Crippen LogP contribution in [0.15, 0.2) is 12.4 Å². The molecule has 4 atom stereocenters. The van der Waals surface area contributed by atoms with E-state index >= 15 is 0 Å². The summed E-state index contributed by atoms with van der Waals surface area (Å²) in [6.07, 6.45) is 6.85. The molecule has 22 heavy (non-hydrogen) atoms. The lowest BCUT2D eigenvalue weighted by atomic mass is 9.67. The van der Waals surface area contributed by atoms with Crippen LogP contribution in [0.25, 0.3) is 0 Å². The minimum Gasteiger partial charge on any atom is -0.384 e. The Labute approximate surface area is 129 Å². The van der Waals surface area contributed by atoms with Crippen LogP contribution in [0.4, 0.5) is 0 Å². The number of rotatable bonds is 5. The fourth-order valence-electron chi connectivity index (χ4n) is 3.68. The quantitative estimate of drug-likeness (QED) is 0.883. The van der Waals surface area contributed by atoms with E-state index in [0.717, 1.165) is 31.7 Å². The van der Waals surface area contributed by atoms with Crippen molar-refractivity contribution in [3.63, 3.8) is 0 Å². The number of fused-ring (bicyclic) bond motifs is 1. The molecule has 2 aliphatic carbocycles. The van der Waals surface area contributed by atoms with Crippen LogP contribution in [0.3, 0.4) is 0 Å². The summed E-state index contributed by atoms with van der Waals surface area (Å²) in [7, 11) is 1.69. The molecule has 3 fully saturated rings. The molecule has 0 radical (unpaired) electrons. The van der Waals surface area contributed by atoms with Crippen LogP contribution in [0, 0.1) is 11.8 Å². The van der Waals surface area contributed by atoms with Crippen LogP contribution < -0.4 is 5.32 Å². The van der Waals surface area contributed by atoms with Gasteiger partial charge in [0.25, 0.3) is 5.91 Å². The largest absolute Gasteiger partial charge is 0.384 e. The van der Waals surface area contributed by atoms with Gasteiger partial charge in [0.1, 0.15) is 5.82 Å². The first-order valence-electron chi connectivity index (χ1n) is 8.01. The summed E-state index contributed by atoms with van der Waals surface area (Å²) in [5.74, 6) is 1.93. The van der Waals surface area contributed by atoms with Gasteiger partial charge in [-0.2, -0.15) is 0 Å². The minimum atomic E-state index is -0.0983. The highest BCUT2D eigenvalue weighted by atomic mass is 16.5. The smallest absolute Gasteiger partial charge is 0.254 e. The predicted molar refractivity (Wildman–Crippen MR) is 78.5 cm³/mol. The van der Waals surface area contributed by atoms with E-state index in [1.165, 1.54) is 0 Å². The molecule has 0 bridgehead atoms. The molecule has 4 rings (SSSR count). The lowest BCUT2D eigenvalue weighted by Gasteiger charge is -2.47. The predicted octanol–water partition coefficient (Wildman–Crippen LogP) is 1.13. The van der Waals surface area contributed by atoms with Crippen LogP contribution in [0.5, 0.6) is 0 Å². The highest BCUT2D eigenvalue weighted by Gasteiger charge is 2.54. The average molecular weight is 303 g/mol. The molecule has 1 aromatic rings. The number of carbonyl (C=O) groups is 1. The van der Waals surface area contributed by atoms with Crippen LogP contribution >= 0.6 is 0 Å². The number of aromatic nitrogens is 2. The molecule has 1 saturated heterocycles. The Bertz CT molecular complexity index is 558. The van der Waals surface area contributed by atoms with Gasteiger partial charge in [0.2, 0.25) is 0 Å². The van der Waals surface area contributed by atoms with Gasteiger partial charge in [0.15, 0.2) is 0 Å². The Morgan fingerprint density at radius 2 is 2.14 bits per heavy atom. The molecular weight excluding hydrogens is 282 g/mol. The van der Waals surface area contributed by atoms with Gasteiger partial charge < -0.3 is 14.8 Å². The molecule has 3 aliphatic rings. The Balaban J connectivity index is 1.42. The van der Waals surface area contributed by atoms with Crippen molar-refractivity contribution in [3.8, 4) is 0 Å². The van der Waals surface area contributed by atoms with E-state index in [4.69, 9.17) is 9.47 Å². The summed E-state index contributed by atoms with van der Waals surface area (Å²) in [6.45, 7) is 1.39. The molecule has 6 heteroatoms. The fraction of sp³-hybridized carbons (Fsp3) is 0.688. The van der Waals surface area contributed by atoms with Crippen molar-refractivity contribution >= 4 is 5.91 Å². The third-order valence-electron chi connectivity index (χ3n) is 5.06. The third kappa shape index (κ3) is 2.40. The first-order valence-corrected chi connectivity index (χ1v) is 8.01. The van der Waals surface area contributed by atoms with Gasteiger partial charge in [0, 0.05) is 49.9 Å². The molecule has 1 N–H and O–H groups in total. The number of carbonyl (C=O) groups excluding carboxylic acids is 1. The van der Waals surface area contributed by atoms with Gasteiger partial charge in [-0.25, -0.2) is 9.97 Å². The Morgan fingerprint density at radius 1 is 1.36 bits per heavy atom. The standard InChI is InChI=1S/C16H21N3O3/c1-21-8-12-13(11-4-5-22-14(11)12)19-16(20)10-6-17-15(18-7-10)9-2-3-9/h6-7,9,11-14H,2-5,8H2,1H3,(H,19,20)/t11-,12+,13+,14-/m0/s1. The van der Waals surface area contributed by atoms with Crippen LogP contribution in [-0.4, -0.2) is 48.3 Å². The van der Waals surface area contributed by atoms with E-state index in [0.29, 0.717) is 24.0 Å². The number of hydrogen-bond acceptors (Lipinski definition) is 5. The van der Waals surface area contributed by atoms with Crippen LogP contribution in [0.2, 0.25) is 0 Å². The molecule has 1 aromatic heterocycles. The van der Waals surface area contributed by atoms with Crippen molar-refractivity contribution in [3.05, 3.63) is 23.8 Å². The molecular formula is C16H21N3O3. The summed E-state index contributed by atoms with van der Waals surface area (Å²) in [5.41, 5.74) is 0.530. The monoisotopic (exact) mass is 303 g/mol. The van der Waals surface area contributed by atoms with E-state index in [2.05, 4.69) is 15.3 Å². The second kappa shape index (κ2) is 5.59. The van der Waals surface area contributed by atoms with Crippen molar-refractivity contribution < 1.29 is 14.3 Å².